The molecule has 146 valence electrons. The molecule has 1 saturated heterocycles. The molecule has 1 aliphatic rings. The predicted molar refractivity (Wildman–Crippen MR) is 104 cm³/mol. The summed E-state index contributed by atoms with van der Waals surface area (Å²) in [5.74, 6) is -0.0962. The van der Waals surface area contributed by atoms with Gasteiger partial charge >= 0.3 is 5.97 Å². The molecule has 0 radical (unpaired) electrons. The van der Waals surface area contributed by atoms with E-state index in [0.717, 1.165) is 5.39 Å². The van der Waals surface area contributed by atoms with Crippen LogP contribution in [0.1, 0.15) is 29.5 Å². The van der Waals surface area contributed by atoms with Crippen LogP contribution in [0, 0.1) is 6.92 Å². The molecule has 3 aromatic rings. The SMILES string of the molecule is CC(=O)Oc1cc2c(C(=O)N[C@H]3CCS(=O)(=O)C3)c(C)oc2c2ccccc12. The normalized spacial score (nSPS) is 18.4. The van der Waals surface area contributed by atoms with Crippen molar-refractivity contribution in [1.29, 1.82) is 0 Å². The van der Waals surface area contributed by atoms with Gasteiger partial charge in [0.15, 0.2) is 9.84 Å². The highest BCUT2D eigenvalue weighted by Crippen LogP contribution is 2.37. The minimum atomic E-state index is -3.11. The summed E-state index contributed by atoms with van der Waals surface area (Å²) in [6, 6.07) is 8.50. The topological polar surface area (TPSA) is 103 Å². The molecule has 1 fully saturated rings. The highest BCUT2D eigenvalue weighted by atomic mass is 32.2. The highest BCUT2D eigenvalue weighted by Gasteiger charge is 2.31. The lowest BCUT2D eigenvalue weighted by atomic mass is 10.0. The maximum Gasteiger partial charge on any atom is 0.308 e. The van der Waals surface area contributed by atoms with Crippen LogP contribution in [0.15, 0.2) is 34.7 Å². The molecular formula is C20H19NO6S. The van der Waals surface area contributed by atoms with Crippen molar-refractivity contribution in [2.24, 2.45) is 0 Å². The van der Waals surface area contributed by atoms with Crippen LogP contribution in [-0.4, -0.2) is 37.8 Å². The first-order valence-corrected chi connectivity index (χ1v) is 10.7. The van der Waals surface area contributed by atoms with Crippen LogP contribution < -0.4 is 10.1 Å². The first kappa shape index (κ1) is 18.5. The summed E-state index contributed by atoms with van der Waals surface area (Å²) < 4.78 is 34.6. The molecule has 0 unspecified atom stereocenters. The number of furan rings is 1. The molecule has 1 atom stereocenters. The molecule has 2 heterocycles. The summed E-state index contributed by atoms with van der Waals surface area (Å²) in [6.45, 7) is 2.99. The van der Waals surface area contributed by atoms with Crippen molar-refractivity contribution in [2.45, 2.75) is 26.3 Å². The van der Waals surface area contributed by atoms with Gasteiger partial charge < -0.3 is 14.5 Å². The van der Waals surface area contributed by atoms with Gasteiger partial charge in [0.1, 0.15) is 17.1 Å². The second kappa shape index (κ2) is 6.63. The van der Waals surface area contributed by atoms with Crippen molar-refractivity contribution in [3.8, 4) is 5.75 Å². The number of hydrogen-bond acceptors (Lipinski definition) is 6. The van der Waals surface area contributed by atoms with E-state index < -0.39 is 27.8 Å². The Balaban J connectivity index is 1.83. The maximum atomic E-state index is 12.9. The number of benzene rings is 2. The van der Waals surface area contributed by atoms with Gasteiger partial charge in [0.25, 0.3) is 5.91 Å². The summed E-state index contributed by atoms with van der Waals surface area (Å²) in [7, 11) is -3.11. The van der Waals surface area contributed by atoms with Gasteiger partial charge in [-0.3, -0.25) is 9.59 Å². The average molecular weight is 401 g/mol. The van der Waals surface area contributed by atoms with Crippen molar-refractivity contribution < 1.29 is 27.2 Å². The Morgan fingerprint density at radius 1 is 1.18 bits per heavy atom. The number of esters is 1. The molecule has 1 amide bonds. The summed E-state index contributed by atoms with van der Waals surface area (Å²) in [6.07, 6.45) is 0.393. The van der Waals surface area contributed by atoms with E-state index in [2.05, 4.69) is 5.32 Å². The second-order valence-electron chi connectivity index (χ2n) is 7.00. The molecule has 1 N–H and O–H groups in total. The van der Waals surface area contributed by atoms with E-state index in [1.165, 1.54) is 6.92 Å². The van der Waals surface area contributed by atoms with Crippen LogP contribution >= 0.6 is 0 Å². The van der Waals surface area contributed by atoms with Crippen LogP contribution in [0.5, 0.6) is 5.75 Å². The third kappa shape index (κ3) is 3.24. The zero-order valence-corrected chi connectivity index (χ0v) is 16.3. The van der Waals surface area contributed by atoms with Crippen LogP contribution in [0.25, 0.3) is 21.7 Å². The third-order valence-corrected chi connectivity index (χ3v) is 6.65. The lowest BCUT2D eigenvalue weighted by molar-refractivity contribution is -0.131. The number of ether oxygens (including phenoxy) is 1. The van der Waals surface area contributed by atoms with Crippen molar-refractivity contribution in [3.63, 3.8) is 0 Å². The van der Waals surface area contributed by atoms with Crippen molar-refractivity contribution >= 4 is 43.5 Å². The molecular weight excluding hydrogens is 382 g/mol. The molecule has 0 aliphatic carbocycles. The van der Waals surface area contributed by atoms with E-state index in [1.807, 2.05) is 24.3 Å². The van der Waals surface area contributed by atoms with E-state index in [9.17, 15) is 18.0 Å². The van der Waals surface area contributed by atoms with Crippen molar-refractivity contribution in [3.05, 3.63) is 41.7 Å². The fourth-order valence-electron chi connectivity index (χ4n) is 3.69. The van der Waals surface area contributed by atoms with Gasteiger partial charge in [0.05, 0.1) is 17.1 Å². The largest absolute Gasteiger partial charge is 0.460 e. The van der Waals surface area contributed by atoms with Gasteiger partial charge in [0, 0.05) is 29.1 Å². The minimum absolute atomic E-state index is 0.0603. The van der Waals surface area contributed by atoms with Crippen LogP contribution in [0.2, 0.25) is 0 Å². The smallest absolute Gasteiger partial charge is 0.308 e. The summed E-state index contributed by atoms with van der Waals surface area (Å²) >= 11 is 0. The molecule has 2 aromatic carbocycles. The third-order valence-electron chi connectivity index (χ3n) is 4.88. The predicted octanol–water partition coefficient (Wildman–Crippen LogP) is 2.74. The molecule has 4 rings (SSSR count). The first-order valence-electron chi connectivity index (χ1n) is 8.90. The van der Waals surface area contributed by atoms with E-state index in [1.54, 1.807) is 13.0 Å². The lowest BCUT2D eigenvalue weighted by Crippen LogP contribution is -2.35. The minimum Gasteiger partial charge on any atom is -0.460 e. The molecule has 7 nitrogen and oxygen atoms in total. The first-order chi connectivity index (χ1) is 13.2. The fraction of sp³-hybridized carbons (Fsp3) is 0.300. The Morgan fingerprint density at radius 3 is 2.54 bits per heavy atom. The fourth-order valence-corrected chi connectivity index (χ4v) is 5.37. The van der Waals surface area contributed by atoms with E-state index in [0.29, 0.717) is 39.8 Å². The average Bonchev–Trinajstić information content (AvgIpc) is 3.13. The Hall–Kier alpha value is -2.87. The van der Waals surface area contributed by atoms with Gasteiger partial charge in [-0.2, -0.15) is 0 Å². The zero-order valence-electron chi connectivity index (χ0n) is 15.4. The number of aryl methyl sites for hydroxylation is 1. The van der Waals surface area contributed by atoms with Gasteiger partial charge in [-0.1, -0.05) is 24.3 Å². The number of hydrogen-bond donors (Lipinski definition) is 1. The van der Waals surface area contributed by atoms with Gasteiger partial charge in [-0.25, -0.2) is 8.42 Å². The number of fused-ring (bicyclic) bond motifs is 3. The maximum absolute atomic E-state index is 12.9. The Morgan fingerprint density at radius 2 is 1.89 bits per heavy atom. The molecule has 0 saturated carbocycles. The molecule has 0 spiro atoms. The quantitative estimate of drug-likeness (QED) is 0.535. The van der Waals surface area contributed by atoms with E-state index >= 15 is 0 Å². The van der Waals surface area contributed by atoms with Gasteiger partial charge in [-0.15, -0.1) is 0 Å². The number of carbonyl (C=O) groups excluding carboxylic acids is 2. The van der Waals surface area contributed by atoms with E-state index in [4.69, 9.17) is 9.15 Å². The molecule has 1 aliphatic heterocycles. The Kier molecular flexibility index (Phi) is 4.38. The molecule has 0 bridgehead atoms. The highest BCUT2D eigenvalue weighted by molar-refractivity contribution is 7.91. The van der Waals surface area contributed by atoms with Crippen LogP contribution in [0.4, 0.5) is 0 Å². The molecule has 1 aromatic heterocycles. The van der Waals surface area contributed by atoms with Gasteiger partial charge in [-0.05, 0) is 19.4 Å². The summed E-state index contributed by atoms with van der Waals surface area (Å²) in [5.41, 5.74) is 0.839. The van der Waals surface area contributed by atoms with Crippen LogP contribution in [-0.2, 0) is 14.6 Å². The number of amides is 1. The van der Waals surface area contributed by atoms with Crippen molar-refractivity contribution in [1.82, 2.24) is 5.32 Å². The van der Waals surface area contributed by atoms with Crippen molar-refractivity contribution in [2.75, 3.05) is 11.5 Å². The standard InChI is InChI=1S/C20H19NO6S/c1-11-18(20(23)21-13-7-8-28(24,25)10-13)16-9-17(27-12(2)22)14-5-3-4-6-15(14)19(16)26-11/h3-6,9,13H,7-8,10H2,1-2H3,(H,21,23)/t13-/m0/s1. The number of nitrogens with one attached hydrogen (secondary N) is 1. The Bertz CT molecular complexity index is 1220. The van der Waals surface area contributed by atoms with E-state index in [-0.39, 0.29) is 11.5 Å². The summed E-state index contributed by atoms with van der Waals surface area (Å²) in [5, 5.41) is 4.74. The number of sulfone groups is 1. The molecule has 8 heteroatoms. The number of carbonyl (C=O) groups is 2. The summed E-state index contributed by atoms with van der Waals surface area (Å²) in [4.78, 5) is 24.4. The zero-order chi connectivity index (χ0) is 20.1. The Labute approximate surface area is 161 Å². The number of rotatable bonds is 3. The van der Waals surface area contributed by atoms with Crippen LogP contribution in [0.3, 0.4) is 0 Å². The van der Waals surface area contributed by atoms with Gasteiger partial charge in [0.2, 0.25) is 0 Å². The second-order valence-corrected chi connectivity index (χ2v) is 9.23. The molecule has 28 heavy (non-hydrogen) atoms. The monoisotopic (exact) mass is 401 g/mol. The lowest BCUT2D eigenvalue weighted by Gasteiger charge is -2.11.